The van der Waals surface area contributed by atoms with Gasteiger partial charge in [-0.2, -0.15) is 5.26 Å². The van der Waals surface area contributed by atoms with Gasteiger partial charge in [0.1, 0.15) is 0 Å². The molecule has 1 aliphatic rings. The van der Waals surface area contributed by atoms with Crippen LogP contribution in [0.1, 0.15) is 5.56 Å². The number of amides is 2. The molecular weight excluding hydrogens is 290 g/mol. The number of carbonyl (C=O) groups excluding carboxylic acids is 1. The molecule has 0 aliphatic carbocycles. The number of nitrogens with zero attached hydrogens (tertiary/aromatic N) is 2. The van der Waals surface area contributed by atoms with E-state index in [0.29, 0.717) is 26.2 Å². The van der Waals surface area contributed by atoms with Crippen LogP contribution in [0.5, 0.6) is 0 Å². The number of ether oxygens (including phenoxy) is 1. The van der Waals surface area contributed by atoms with Gasteiger partial charge in [-0.25, -0.2) is 4.79 Å². The van der Waals surface area contributed by atoms with Crippen LogP contribution < -0.4 is 5.32 Å². The molecule has 23 heavy (non-hydrogen) atoms. The largest absolute Gasteiger partial charge is 0.360 e. The Morgan fingerprint density at radius 1 is 1.30 bits per heavy atom. The normalized spacial score (nSPS) is 17.7. The molecule has 1 aliphatic heterocycles. The maximum Gasteiger partial charge on any atom is 0.317 e. The molecule has 0 spiro atoms. The Bertz CT molecular complexity index is 733. The van der Waals surface area contributed by atoms with Gasteiger partial charge in [0.05, 0.1) is 19.2 Å². The van der Waals surface area contributed by atoms with Crippen LogP contribution in [0.3, 0.4) is 0 Å². The second-order valence-corrected chi connectivity index (χ2v) is 5.55. The topological polar surface area (TPSA) is 65.4 Å². The van der Waals surface area contributed by atoms with E-state index >= 15 is 0 Å². The Balaban J connectivity index is 1.56. The Morgan fingerprint density at radius 3 is 3.00 bits per heavy atom. The second kappa shape index (κ2) is 7.12. The molecule has 0 bridgehead atoms. The third-order valence-corrected chi connectivity index (χ3v) is 4.05. The Morgan fingerprint density at radius 2 is 2.13 bits per heavy atom. The summed E-state index contributed by atoms with van der Waals surface area (Å²) in [7, 11) is 0. The van der Waals surface area contributed by atoms with Gasteiger partial charge in [0.2, 0.25) is 0 Å². The van der Waals surface area contributed by atoms with Crippen molar-refractivity contribution in [1.29, 1.82) is 5.26 Å². The number of morpholine rings is 1. The lowest BCUT2D eigenvalue weighted by molar-refractivity contribution is 0.0158. The Kier molecular flexibility index (Phi) is 4.74. The number of nitrogens with one attached hydrogen (secondary N) is 1. The minimum absolute atomic E-state index is 0.131. The van der Waals surface area contributed by atoms with E-state index in [9.17, 15) is 4.79 Å². The summed E-state index contributed by atoms with van der Waals surface area (Å²) in [6.45, 7) is 1.84. The van der Waals surface area contributed by atoms with E-state index in [1.54, 1.807) is 4.90 Å². The highest BCUT2D eigenvalue weighted by Crippen LogP contribution is 2.18. The smallest absolute Gasteiger partial charge is 0.317 e. The standard InChI is InChI=1S/C18H19N3O2/c19-12-16-13-21(10-11-23-16)18(22)20-9-8-15-6-3-5-14-4-1-2-7-17(14)15/h1-7,16H,8-11,13H2,(H,20,22). The van der Waals surface area contributed by atoms with Gasteiger partial charge in [0.15, 0.2) is 6.10 Å². The molecule has 2 aromatic rings. The summed E-state index contributed by atoms with van der Waals surface area (Å²) in [4.78, 5) is 13.8. The first-order chi connectivity index (χ1) is 11.3. The number of hydrogen-bond acceptors (Lipinski definition) is 3. The molecule has 118 valence electrons. The predicted octanol–water partition coefficient (Wildman–Crippen LogP) is 2.32. The van der Waals surface area contributed by atoms with Crippen molar-refractivity contribution in [3.05, 3.63) is 48.0 Å². The molecule has 1 N–H and O–H groups in total. The van der Waals surface area contributed by atoms with Crippen molar-refractivity contribution in [2.24, 2.45) is 0 Å². The molecule has 2 amide bonds. The number of hydrogen-bond donors (Lipinski definition) is 1. The van der Waals surface area contributed by atoms with Crippen molar-refractivity contribution >= 4 is 16.8 Å². The molecule has 5 heteroatoms. The van der Waals surface area contributed by atoms with Crippen LogP contribution in [0.4, 0.5) is 4.79 Å². The van der Waals surface area contributed by atoms with E-state index in [0.717, 1.165) is 6.42 Å². The van der Waals surface area contributed by atoms with Gasteiger partial charge in [-0.1, -0.05) is 42.5 Å². The fourth-order valence-electron chi connectivity index (χ4n) is 2.84. The van der Waals surface area contributed by atoms with Crippen molar-refractivity contribution in [1.82, 2.24) is 10.2 Å². The van der Waals surface area contributed by atoms with Gasteiger partial charge in [-0.15, -0.1) is 0 Å². The first kappa shape index (κ1) is 15.3. The average molecular weight is 309 g/mol. The van der Waals surface area contributed by atoms with Crippen LogP contribution in [0, 0.1) is 11.3 Å². The van der Waals surface area contributed by atoms with Crippen LogP contribution in [0.15, 0.2) is 42.5 Å². The molecule has 0 aromatic heterocycles. The van der Waals surface area contributed by atoms with E-state index in [1.165, 1.54) is 16.3 Å². The molecule has 2 aromatic carbocycles. The van der Waals surface area contributed by atoms with Gasteiger partial charge in [0.25, 0.3) is 0 Å². The fraction of sp³-hybridized carbons (Fsp3) is 0.333. The number of rotatable bonds is 3. The van der Waals surface area contributed by atoms with E-state index in [-0.39, 0.29) is 6.03 Å². The highest BCUT2D eigenvalue weighted by atomic mass is 16.5. The highest BCUT2D eigenvalue weighted by Gasteiger charge is 2.23. The highest BCUT2D eigenvalue weighted by molar-refractivity contribution is 5.85. The van der Waals surface area contributed by atoms with E-state index in [4.69, 9.17) is 10.00 Å². The first-order valence-electron chi connectivity index (χ1n) is 7.78. The van der Waals surface area contributed by atoms with E-state index < -0.39 is 6.10 Å². The molecule has 1 atom stereocenters. The lowest BCUT2D eigenvalue weighted by Gasteiger charge is -2.29. The zero-order valence-electron chi connectivity index (χ0n) is 12.9. The third-order valence-electron chi connectivity index (χ3n) is 4.05. The number of carbonyl (C=O) groups is 1. The van der Waals surface area contributed by atoms with Crippen molar-refractivity contribution in [2.45, 2.75) is 12.5 Å². The summed E-state index contributed by atoms with van der Waals surface area (Å²) >= 11 is 0. The van der Waals surface area contributed by atoms with Gasteiger partial charge in [-0.05, 0) is 22.8 Å². The fourth-order valence-corrected chi connectivity index (χ4v) is 2.84. The minimum Gasteiger partial charge on any atom is -0.360 e. The minimum atomic E-state index is -0.521. The van der Waals surface area contributed by atoms with Gasteiger partial charge < -0.3 is 15.0 Å². The second-order valence-electron chi connectivity index (χ2n) is 5.55. The molecule has 1 saturated heterocycles. The van der Waals surface area contributed by atoms with E-state index in [1.807, 2.05) is 24.3 Å². The molecule has 0 radical (unpaired) electrons. The van der Waals surface area contributed by atoms with Gasteiger partial charge in [0, 0.05) is 13.1 Å². The Hall–Kier alpha value is -2.58. The zero-order valence-corrected chi connectivity index (χ0v) is 12.9. The van der Waals surface area contributed by atoms with Crippen molar-refractivity contribution < 1.29 is 9.53 Å². The number of nitriles is 1. The van der Waals surface area contributed by atoms with Crippen molar-refractivity contribution in [2.75, 3.05) is 26.2 Å². The monoisotopic (exact) mass is 309 g/mol. The van der Waals surface area contributed by atoms with Crippen LogP contribution in [0.25, 0.3) is 10.8 Å². The van der Waals surface area contributed by atoms with Gasteiger partial charge >= 0.3 is 6.03 Å². The van der Waals surface area contributed by atoms with Crippen molar-refractivity contribution in [3.63, 3.8) is 0 Å². The quantitative estimate of drug-likeness (QED) is 0.946. The maximum absolute atomic E-state index is 12.2. The lowest BCUT2D eigenvalue weighted by atomic mass is 10.0. The third kappa shape index (κ3) is 3.61. The summed E-state index contributed by atoms with van der Waals surface area (Å²) in [5.41, 5.74) is 1.22. The molecule has 0 saturated carbocycles. The van der Waals surface area contributed by atoms with Gasteiger partial charge in [-0.3, -0.25) is 0 Å². The zero-order chi connectivity index (χ0) is 16.1. The summed E-state index contributed by atoms with van der Waals surface area (Å²) in [5, 5.41) is 14.2. The number of benzene rings is 2. The van der Waals surface area contributed by atoms with E-state index in [2.05, 4.69) is 29.6 Å². The molecule has 1 unspecified atom stereocenters. The molecular formula is C18H19N3O2. The number of urea groups is 1. The molecule has 5 nitrogen and oxygen atoms in total. The average Bonchev–Trinajstić information content (AvgIpc) is 2.62. The van der Waals surface area contributed by atoms with Crippen LogP contribution in [0.2, 0.25) is 0 Å². The van der Waals surface area contributed by atoms with Crippen LogP contribution in [-0.4, -0.2) is 43.3 Å². The van der Waals surface area contributed by atoms with Crippen LogP contribution in [-0.2, 0) is 11.2 Å². The maximum atomic E-state index is 12.2. The van der Waals surface area contributed by atoms with Crippen LogP contribution >= 0.6 is 0 Å². The molecule has 1 fully saturated rings. The number of fused-ring (bicyclic) bond motifs is 1. The molecule has 1 heterocycles. The predicted molar refractivity (Wildman–Crippen MR) is 88.0 cm³/mol. The van der Waals surface area contributed by atoms with Crippen molar-refractivity contribution in [3.8, 4) is 6.07 Å². The SMILES string of the molecule is N#CC1CN(C(=O)NCCc2cccc3ccccc23)CCO1. The first-order valence-corrected chi connectivity index (χ1v) is 7.78. The summed E-state index contributed by atoms with van der Waals surface area (Å²) < 4.78 is 5.25. The Labute approximate surface area is 135 Å². The molecule has 3 rings (SSSR count). The summed E-state index contributed by atoms with van der Waals surface area (Å²) in [6, 6.07) is 16.4. The summed E-state index contributed by atoms with van der Waals surface area (Å²) in [6.07, 6.45) is 0.256. The lowest BCUT2D eigenvalue weighted by Crippen LogP contribution is -2.49. The summed E-state index contributed by atoms with van der Waals surface area (Å²) in [5.74, 6) is 0.